The lowest BCUT2D eigenvalue weighted by Crippen LogP contribution is -2.36. The van der Waals surface area contributed by atoms with Gasteiger partial charge in [-0.15, -0.1) is 11.8 Å². The molecule has 1 aliphatic heterocycles. The van der Waals surface area contributed by atoms with Crippen molar-refractivity contribution in [1.82, 2.24) is 5.32 Å². The number of hydrogen-bond acceptors (Lipinski definition) is 2. The fourth-order valence-corrected chi connectivity index (χ4v) is 4.74. The fraction of sp³-hybridized carbons (Fsp3) is 0.647. The minimum Gasteiger partial charge on any atom is -0.316 e. The quantitative estimate of drug-likeness (QED) is 0.777. The van der Waals surface area contributed by atoms with Crippen molar-refractivity contribution in [2.75, 3.05) is 18.8 Å². The van der Waals surface area contributed by atoms with Crippen LogP contribution < -0.4 is 5.32 Å². The van der Waals surface area contributed by atoms with Gasteiger partial charge in [0.1, 0.15) is 0 Å². The molecule has 1 aromatic rings. The van der Waals surface area contributed by atoms with Gasteiger partial charge in [-0.05, 0) is 68.2 Å². The monoisotopic (exact) mass is 275 g/mol. The normalized spacial score (nSPS) is 29.0. The van der Waals surface area contributed by atoms with Gasteiger partial charge >= 0.3 is 0 Å². The summed E-state index contributed by atoms with van der Waals surface area (Å²) in [5.74, 6) is 4.05. The van der Waals surface area contributed by atoms with E-state index in [0.29, 0.717) is 0 Å². The first-order valence-electron chi connectivity index (χ1n) is 7.81. The van der Waals surface area contributed by atoms with Gasteiger partial charge in [0.15, 0.2) is 0 Å². The van der Waals surface area contributed by atoms with Gasteiger partial charge in [0.2, 0.25) is 0 Å². The van der Waals surface area contributed by atoms with E-state index in [1.165, 1.54) is 49.4 Å². The van der Waals surface area contributed by atoms with Crippen molar-refractivity contribution in [1.29, 1.82) is 0 Å². The molecule has 3 unspecified atom stereocenters. The molecular formula is C17H25NS. The smallest absolute Gasteiger partial charge is 0.0107 e. The molecule has 1 saturated carbocycles. The average Bonchev–Trinajstić information content (AvgIpc) is 2.83. The van der Waals surface area contributed by atoms with Gasteiger partial charge in [0, 0.05) is 10.6 Å². The van der Waals surface area contributed by atoms with Crippen LogP contribution in [0.25, 0.3) is 0 Å². The second kappa shape index (κ2) is 6.32. The van der Waals surface area contributed by atoms with Gasteiger partial charge in [0.05, 0.1) is 0 Å². The highest BCUT2D eigenvalue weighted by Crippen LogP contribution is 2.47. The van der Waals surface area contributed by atoms with Crippen molar-refractivity contribution >= 4 is 11.8 Å². The zero-order chi connectivity index (χ0) is 13.1. The Labute approximate surface area is 121 Å². The highest BCUT2D eigenvalue weighted by Gasteiger charge is 2.34. The van der Waals surface area contributed by atoms with Crippen LogP contribution in [0, 0.1) is 11.8 Å². The number of benzene rings is 1. The Morgan fingerprint density at radius 3 is 2.84 bits per heavy atom. The largest absolute Gasteiger partial charge is 0.316 e. The molecular weight excluding hydrogens is 250 g/mol. The summed E-state index contributed by atoms with van der Waals surface area (Å²) >= 11 is 2.06. The van der Waals surface area contributed by atoms with Gasteiger partial charge in [-0.25, -0.2) is 0 Å². The second-order valence-electron chi connectivity index (χ2n) is 6.08. The van der Waals surface area contributed by atoms with Gasteiger partial charge < -0.3 is 5.32 Å². The minimum absolute atomic E-state index is 0.820. The number of nitrogens with one attached hydrogen (secondary N) is 1. The minimum atomic E-state index is 0.820. The van der Waals surface area contributed by atoms with Crippen molar-refractivity contribution < 1.29 is 0 Å². The molecule has 0 bridgehead atoms. The van der Waals surface area contributed by atoms with Crippen LogP contribution >= 0.6 is 11.8 Å². The van der Waals surface area contributed by atoms with E-state index in [4.69, 9.17) is 0 Å². The molecule has 2 heteroatoms. The van der Waals surface area contributed by atoms with Gasteiger partial charge in [-0.2, -0.15) is 0 Å². The number of thioether (sulfide) groups is 1. The van der Waals surface area contributed by atoms with Crippen LogP contribution in [0.5, 0.6) is 0 Å². The first-order valence-corrected chi connectivity index (χ1v) is 8.79. The van der Waals surface area contributed by atoms with E-state index < -0.39 is 0 Å². The van der Waals surface area contributed by atoms with Crippen LogP contribution in [-0.2, 0) is 0 Å². The molecule has 3 rings (SSSR count). The molecule has 19 heavy (non-hydrogen) atoms. The van der Waals surface area contributed by atoms with Crippen LogP contribution in [0.1, 0.15) is 44.1 Å². The summed E-state index contributed by atoms with van der Waals surface area (Å²) in [6, 6.07) is 9.03. The molecule has 1 aliphatic carbocycles. The third-order valence-corrected chi connectivity index (χ3v) is 6.05. The van der Waals surface area contributed by atoms with Crippen molar-refractivity contribution in [2.24, 2.45) is 11.8 Å². The summed E-state index contributed by atoms with van der Waals surface area (Å²) in [6.07, 6.45) is 5.58. The Morgan fingerprint density at radius 1 is 1.21 bits per heavy atom. The molecule has 0 saturated heterocycles. The molecule has 3 atom stereocenters. The molecule has 2 aliphatic rings. The summed E-state index contributed by atoms with van der Waals surface area (Å²) in [6.45, 7) is 4.68. The van der Waals surface area contributed by atoms with Crippen molar-refractivity contribution in [3.8, 4) is 0 Å². The van der Waals surface area contributed by atoms with Gasteiger partial charge in [-0.1, -0.05) is 25.1 Å². The fourth-order valence-electron chi connectivity index (χ4n) is 3.47. The van der Waals surface area contributed by atoms with E-state index in [-0.39, 0.29) is 0 Å². The zero-order valence-electron chi connectivity index (χ0n) is 11.9. The lowest BCUT2D eigenvalue weighted by Gasteiger charge is -2.38. The van der Waals surface area contributed by atoms with E-state index >= 15 is 0 Å². The summed E-state index contributed by atoms with van der Waals surface area (Å²) in [5.41, 5.74) is 1.62. The van der Waals surface area contributed by atoms with Gasteiger partial charge in [0.25, 0.3) is 0 Å². The molecule has 0 radical (unpaired) electrons. The third-order valence-electron chi connectivity index (χ3n) is 4.79. The predicted molar refractivity (Wildman–Crippen MR) is 83.9 cm³/mol. The van der Waals surface area contributed by atoms with Crippen molar-refractivity contribution in [3.05, 3.63) is 29.8 Å². The molecule has 0 aromatic heterocycles. The van der Waals surface area contributed by atoms with E-state index in [1.807, 2.05) is 0 Å². The SMILES string of the molecule is CCCNCC1CCC1CC1CSc2ccccc21. The Bertz CT molecular complexity index is 417. The molecule has 1 heterocycles. The average molecular weight is 275 g/mol. The maximum Gasteiger partial charge on any atom is 0.0107 e. The van der Waals surface area contributed by atoms with Gasteiger partial charge in [-0.3, -0.25) is 0 Å². The molecule has 0 amide bonds. The summed E-state index contributed by atoms with van der Waals surface area (Å²) in [4.78, 5) is 1.53. The van der Waals surface area contributed by atoms with Crippen LogP contribution in [0.2, 0.25) is 0 Å². The van der Waals surface area contributed by atoms with Crippen molar-refractivity contribution in [2.45, 2.75) is 43.4 Å². The lowest BCUT2D eigenvalue weighted by atomic mass is 9.69. The topological polar surface area (TPSA) is 12.0 Å². The molecule has 1 aromatic carbocycles. The first kappa shape index (κ1) is 13.5. The third kappa shape index (κ3) is 3.00. The second-order valence-corrected chi connectivity index (χ2v) is 7.14. The van der Waals surface area contributed by atoms with E-state index in [0.717, 1.165) is 17.8 Å². The standard InChI is InChI=1S/C17H25NS/c1-2-9-18-11-14-8-7-13(14)10-15-12-19-17-6-4-3-5-16(15)17/h3-6,13-15,18H,2,7-12H2,1H3. The summed E-state index contributed by atoms with van der Waals surface area (Å²) < 4.78 is 0. The highest BCUT2D eigenvalue weighted by molar-refractivity contribution is 7.99. The predicted octanol–water partition coefficient (Wildman–Crippen LogP) is 4.29. The Morgan fingerprint density at radius 2 is 2.05 bits per heavy atom. The summed E-state index contributed by atoms with van der Waals surface area (Å²) in [5, 5.41) is 3.61. The Balaban J connectivity index is 1.52. The van der Waals surface area contributed by atoms with Crippen LogP contribution in [0.4, 0.5) is 0 Å². The molecule has 1 N–H and O–H groups in total. The number of hydrogen-bond donors (Lipinski definition) is 1. The Kier molecular flexibility index (Phi) is 4.49. The number of rotatable bonds is 6. The lowest BCUT2D eigenvalue weighted by molar-refractivity contribution is 0.153. The maximum absolute atomic E-state index is 3.61. The van der Waals surface area contributed by atoms with Crippen molar-refractivity contribution in [3.63, 3.8) is 0 Å². The van der Waals surface area contributed by atoms with Crippen LogP contribution in [0.3, 0.4) is 0 Å². The van der Waals surface area contributed by atoms with E-state index in [9.17, 15) is 0 Å². The number of fused-ring (bicyclic) bond motifs is 1. The first-order chi connectivity index (χ1) is 9.38. The molecule has 104 valence electrons. The van der Waals surface area contributed by atoms with E-state index in [2.05, 4.69) is 48.3 Å². The van der Waals surface area contributed by atoms with Crippen LogP contribution in [0.15, 0.2) is 29.2 Å². The summed E-state index contributed by atoms with van der Waals surface area (Å²) in [7, 11) is 0. The Hall–Kier alpha value is -0.470. The molecule has 1 fully saturated rings. The highest BCUT2D eigenvalue weighted by atomic mass is 32.2. The van der Waals surface area contributed by atoms with E-state index in [1.54, 1.807) is 5.56 Å². The van der Waals surface area contributed by atoms with Crippen LogP contribution in [-0.4, -0.2) is 18.8 Å². The molecule has 1 nitrogen and oxygen atoms in total. The molecule has 0 spiro atoms. The zero-order valence-corrected chi connectivity index (χ0v) is 12.7. The maximum atomic E-state index is 3.61.